The van der Waals surface area contributed by atoms with Crippen molar-refractivity contribution >= 4 is 27.5 Å². The average Bonchev–Trinajstić information content (AvgIpc) is 2.90. The smallest absolute Gasteiger partial charge is 0.242 e. The van der Waals surface area contributed by atoms with E-state index in [1.54, 1.807) is 31.1 Å². The second-order valence-corrected chi connectivity index (χ2v) is 12.1. The van der Waals surface area contributed by atoms with Crippen LogP contribution >= 0.6 is 0 Å². The Kier molecular flexibility index (Phi) is 10.6. The number of hydrogen-bond acceptors (Lipinski definition) is 5. The zero-order valence-corrected chi connectivity index (χ0v) is 23.8. The molecule has 0 spiro atoms. The Morgan fingerprint density at radius 2 is 1.66 bits per heavy atom. The SMILES string of the molecule is COc1ccc(CN(C(=O)CCCN(c2ccc(C)cc2)S(C)(=O)=O)[C@H](C)C(=O)NC2CCCCC2)cc1. The fraction of sp³-hybridized carbons (Fsp3) is 0.517. The molecule has 208 valence electrons. The van der Waals surface area contributed by atoms with E-state index in [1.807, 2.05) is 43.3 Å². The quantitative estimate of drug-likeness (QED) is 0.428. The molecule has 0 aromatic heterocycles. The van der Waals surface area contributed by atoms with Crippen LogP contribution in [0.4, 0.5) is 5.69 Å². The van der Waals surface area contributed by atoms with E-state index in [2.05, 4.69) is 5.32 Å². The third-order valence-electron chi connectivity index (χ3n) is 7.10. The summed E-state index contributed by atoms with van der Waals surface area (Å²) in [6.07, 6.45) is 6.94. The van der Waals surface area contributed by atoms with Crippen LogP contribution in [0.3, 0.4) is 0 Å². The molecule has 1 fully saturated rings. The van der Waals surface area contributed by atoms with Gasteiger partial charge in [0.15, 0.2) is 0 Å². The summed E-state index contributed by atoms with van der Waals surface area (Å²) in [5, 5.41) is 3.14. The molecule has 1 aliphatic rings. The van der Waals surface area contributed by atoms with E-state index >= 15 is 0 Å². The van der Waals surface area contributed by atoms with Gasteiger partial charge in [0.25, 0.3) is 0 Å². The van der Waals surface area contributed by atoms with Crippen LogP contribution in [0.25, 0.3) is 0 Å². The van der Waals surface area contributed by atoms with Crippen LogP contribution in [-0.2, 0) is 26.2 Å². The first kappa shape index (κ1) is 29.5. The van der Waals surface area contributed by atoms with Crippen molar-refractivity contribution in [2.24, 2.45) is 0 Å². The molecule has 0 radical (unpaired) electrons. The van der Waals surface area contributed by atoms with Gasteiger partial charge in [-0.2, -0.15) is 0 Å². The van der Waals surface area contributed by atoms with Gasteiger partial charge in [-0.05, 0) is 62.9 Å². The largest absolute Gasteiger partial charge is 0.497 e. The minimum absolute atomic E-state index is 0.120. The molecular weight excluding hydrogens is 502 g/mol. The Labute approximate surface area is 227 Å². The molecule has 9 heteroatoms. The third-order valence-corrected chi connectivity index (χ3v) is 8.30. The number of anilines is 1. The van der Waals surface area contributed by atoms with Crippen LogP contribution < -0.4 is 14.4 Å². The van der Waals surface area contributed by atoms with Crippen molar-refractivity contribution in [1.29, 1.82) is 0 Å². The van der Waals surface area contributed by atoms with Gasteiger partial charge >= 0.3 is 0 Å². The summed E-state index contributed by atoms with van der Waals surface area (Å²) >= 11 is 0. The summed E-state index contributed by atoms with van der Waals surface area (Å²) in [6, 6.07) is 14.2. The molecule has 0 saturated heterocycles. The zero-order valence-electron chi connectivity index (χ0n) is 23.0. The third kappa shape index (κ3) is 8.48. The van der Waals surface area contributed by atoms with E-state index in [1.165, 1.54) is 17.0 Å². The first-order valence-corrected chi connectivity index (χ1v) is 15.2. The van der Waals surface area contributed by atoms with Gasteiger partial charge in [-0.3, -0.25) is 13.9 Å². The van der Waals surface area contributed by atoms with E-state index in [0.717, 1.165) is 36.8 Å². The van der Waals surface area contributed by atoms with Gasteiger partial charge < -0.3 is 15.0 Å². The molecule has 8 nitrogen and oxygen atoms in total. The van der Waals surface area contributed by atoms with Crippen LogP contribution in [0.15, 0.2) is 48.5 Å². The highest BCUT2D eigenvalue weighted by Gasteiger charge is 2.28. The monoisotopic (exact) mass is 543 g/mol. The van der Waals surface area contributed by atoms with Crippen molar-refractivity contribution in [2.75, 3.05) is 24.2 Å². The van der Waals surface area contributed by atoms with Gasteiger partial charge in [0.2, 0.25) is 21.8 Å². The molecule has 2 aromatic rings. The lowest BCUT2D eigenvalue weighted by molar-refractivity contribution is -0.141. The molecule has 1 N–H and O–H groups in total. The molecule has 38 heavy (non-hydrogen) atoms. The lowest BCUT2D eigenvalue weighted by Crippen LogP contribution is -2.50. The fourth-order valence-electron chi connectivity index (χ4n) is 4.79. The molecule has 1 aliphatic carbocycles. The Hall–Kier alpha value is -3.07. The molecule has 0 bridgehead atoms. The second-order valence-electron chi connectivity index (χ2n) is 10.2. The van der Waals surface area contributed by atoms with Gasteiger partial charge in [-0.1, -0.05) is 49.1 Å². The summed E-state index contributed by atoms with van der Waals surface area (Å²) in [4.78, 5) is 28.2. The lowest BCUT2D eigenvalue weighted by atomic mass is 9.95. The number of rotatable bonds is 12. The number of carbonyl (C=O) groups is 2. The molecule has 0 unspecified atom stereocenters. The highest BCUT2D eigenvalue weighted by atomic mass is 32.2. The number of carbonyl (C=O) groups excluding carboxylic acids is 2. The van der Waals surface area contributed by atoms with Crippen molar-refractivity contribution in [3.05, 3.63) is 59.7 Å². The van der Waals surface area contributed by atoms with E-state index in [4.69, 9.17) is 4.74 Å². The van der Waals surface area contributed by atoms with Crippen molar-refractivity contribution in [1.82, 2.24) is 10.2 Å². The number of hydrogen-bond donors (Lipinski definition) is 1. The normalized spacial score (nSPS) is 14.9. The molecule has 2 aromatic carbocycles. The fourth-order valence-corrected chi connectivity index (χ4v) is 5.76. The Morgan fingerprint density at radius 3 is 2.24 bits per heavy atom. The van der Waals surface area contributed by atoms with E-state index < -0.39 is 16.1 Å². The van der Waals surface area contributed by atoms with Gasteiger partial charge in [-0.15, -0.1) is 0 Å². The summed E-state index contributed by atoms with van der Waals surface area (Å²) in [6.45, 7) is 4.15. The minimum atomic E-state index is -3.52. The minimum Gasteiger partial charge on any atom is -0.497 e. The maximum absolute atomic E-state index is 13.5. The number of nitrogens with zero attached hydrogens (tertiary/aromatic N) is 2. The molecule has 1 atom stereocenters. The standard InChI is InChI=1S/C29H41N3O5S/c1-22-12-16-26(17-13-22)32(38(4,35)36)20-8-11-28(33)31(21-24-14-18-27(37-3)19-15-24)23(2)29(34)30-25-9-6-5-7-10-25/h12-19,23,25H,5-11,20-21H2,1-4H3,(H,30,34)/t23-/m1/s1. The topological polar surface area (TPSA) is 96.0 Å². The molecule has 3 rings (SSSR count). The van der Waals surface area contributed by atoms with Gasteiger partial charge in [-0.25, -0.2) is 8.42 Å². The number of ether oxygens (including phenoxy) is 1. The summed E-state index contributed by atoms with van der Waals surface area (Å²) in [7, 11) is -1.92. The Balaban J connectivity index is 1.71. The number of nitrogens with one attached hydrogen (secondary N) is 1. The molecular formula is C29H41N3O5S. The maximum atomic E-state index is 13.5. The van der Waals surface area contributed by atoms with Crippen LogP contribution in [0.2, 0.25) is 0 Å². The Morgan fingerprint density at radius 1 is 1.03 bits per heavy atom. The van der Waals surface area contributed by atoms with Crippen molar-refractivity contribution in [3.63, 3.8) is 0 Å². The van der Waals surface area contributed by atoms with Gasteiger partial charge in [0.05, 0.1) is 19.1 Å². The number of sulfonamides is 1. The van der Waals surface area contributed by atoms with Crippen LogP contribution in [0, 0.1) is 6.92 Å². The Bertz CT molecular complexity index is 1160. The zero-order chi connectivity index (χ0) is 27.7. The number of amides is 2. The number of benzene rings is 2. The predicted molar refractivity (Wildman–Crippen MR) is 151 cm³/mol. The van der Waals surface area contributed by atoms with Crippen LogP contribution in [0.1, 0.15) is 63.0 Å². The summed E-state index contributed by atoms with van der Waals surface area (Å²) < 4.78 is 31.5. The van der Waals surface area contributed by atoms with Gasteiger partial charge in [0.1, 0.15) is 11.8 Å². The van der Waals surface area contributed by atoms with Crippen molar-refractivity contribution < 1.29 is 22.7 Å². The second kappa shape index (κ2) is 13.6. The van der Waals surface area contributed by atoms with Crippen LogP contribution in [-0.4, -0.2) is 57.1 Å². The van der Waals surface area contributed by atoms with Crippen molar-refractivity contribution in [3.8, 4) is 5.75 Å². The lowest BCUT2D eigenvalue weighted by Gasteiger charge is -2.31. The van der Waals surface area contributed by atoms with E-state index in [9.17, 15) is 18.0 Å². The molecule has 2 amide bonds. The van der Waals surface area contributed by atoms with Gasteiger partial charge in [0, 0.05) is 25.6 Å². The molecule has 1 saturated carbocycles. The predicted octanol–water partition coefficient (Wildman–Crippen LogP) is 4.42. The molecule has 0 aliphatic heterocycles. The first-order valence-electron chi connectivity index (χ1n) is 13.4. The van der Waals surface area contributed by atoms with E-state index in [0.29, 0.717) is 17.9 Å². The first-order chi connectivity index (χ1) is 18.1. The molecule has 0 heterocycles. The average molecular weight is 544 g/mol. The van der Waals surface area contributed by atoms with Crippen LogP contribution in [0.5, 0.6) is 5.75 Å². The summed E-state index contributed by atoms with van der Waals surface area (Å²) in [5.41, 5.74) is 2.49. The number of methoxy groups -OCH3 is 1. The maximum Gasteiger partial charge on any atom is 0.242 e. The summed E-state index contributed by atoms with van der Waals surface area (Å²) in [5.74, 6) is 0.368. The van der Waals surface area contributed by atoms with Crippen molar-refractivity contribution in [2.45, 2.75) is 77.4 Å². The van der Waals surface area contributed by atoms with E-state index in [-0.39, 0.29) is 37.4 Å². The highest BCUT2D eigenvalue weighted by molar-refractivity contribution is 7.92. The number of aryl methyl sites for hydroxylation is 1. The highest BCUT2D eigenvalue weighted by Crippen LogP contribution is 2.21.